The summed E-state index contributed by atoms with van der Waals surface area (Å²) in [5.74, 6) is 0. The van der Waals surface area contributed by atoms with E-state index < -0.39 is 5.41 Å². The van der Waals surface area contributed by atoms with Crippen LogP contribution in [0.2, 0.25) is 0 Å². The molecule has 0 radical (unpaired) electrons. The molecule has 60 heavy (non-hydrogen) atoms. The maximum absolute atomic E-state index is 7.83. The molecule has 1 atom stereocenters. The highest BCUT2D eigenvalue weighted by Gasteiger charge is 2.52. The molecule has 11 aromatic rings. The summed E-state index contributed by atoms with van der Waals surface area (Å²) in [7, 11) is 0. The summed E-state index contributed by atoms with van der Waals surface area (Å²) in [6.45, 7) is 7.83. The molecule has 278 valence electrons. The van der Waals surface area contributed by atoms with Gasteiger partial charge in [0.05, 0.1) is 45.4 Å². The van der Waals surface area contributed by atoms with Gasteiger partial charge in [0.15, 0.2) is 5.69 Å². The molecule has 1 aliphatic carbocycles. The second-order valence-electron chi connectivity index (χ2n) is 15.6. The lowest BCUT2D eigenvalue weighted by Gasteiger charge is -2.39. The van der Waals surface area contributed by atoms with Crippen LogP contribution in [0.1, 0.15) is 22.3 Å². The van der Waals surface area contributed by atoms with Gasteiger partial charge in [0.25, 0.3) is 0 Å². The monoisotopic (exact) mass is 781 g/mol. The Balaban J connectivity index is 1.08. The van der Waals surface area contributed by atoms with E-state index in [-0.39, 0.29) is 0 Å². The number of aromatic nitrogens is 4. The van der Waals surface area contributed by atoms with Crippen LogP contribution in [-0.2, 0) is 5.41 Å². The molecule has 1 aliphatic heterocycles. The van der Waals surface area contributed by atoms with Crippen molar-refractivity contribution < 1.29 is 0 Å². The van der Waals surface area contributed by atoms with Gasteiger partial charge in [-0.1, -0.05) is 103 Å². The minimum Gasteiger partial charge on any atom is -0.309 e. The van der Waals surface area contributed by atoms with Gasteiger partial charge < -0.3 is 9.13 Å². The van der Waals surface area contributed by atoms with Gasteiger partial charge in [-0.05, 0) is 113 Å². The molecule has 13 rings (SSSR count). The Morgan fingerprint density at radius 1 is 0.450 bits per heavy atom. The third-order valence-electron chi connectivity index (χ3n) is 12.7. The van der Waals surface area contributed by atoms with Crippen molar-refractivity contribution in [3.8, 4) is 33.9 Å². The standard InChI is InChI=1S/C54H31N5S/c1-55-35-22-25-49-41(30-35)40-28-33(21-24-48(40)58(49)36-12-3-2-4-13-36)34-29-45-53(57-32-34)52-43(17-11-27-56-52)54(45)42-16-7-10-20-50(42)60-51-26-23-37(31-44(51)54)59-46-18-8-5-14-38(46)39-15-6-9-19-47(39)59/h2-32H. The zero-order valence-electron chi connectivity index (χ0n) is 32.0. The first-order chi connectivity index (χ1) is 29.7. The fourth-order valence-electron chi connectivity index (χ4n) is 10.2. The Kier molecular flexibility index (Phi) is 6.87. The Labute approximate surface area is 349 Å². The largest absolute Gasteiger partial charge is 0.309 e. The predicted molar refractivity (Wildman–Crippen MR) is 244 cm³/mol. The molecule has 0 saturated heterocycles. The molecule has 0 amide bonds. The lowest BCUT2D eigenvalue weighted by Crippen LogP contribution is -2.32. The van der Waals surface area contributed by atoms with Crippen LogP contribution in [0.25, 0.3) is 82.3 Å². The van der Waals surface area contributed by atoms with Gasteiger partial charge in [0, 0.05) is 60.8 Å². The van der Waals surface area contributed by atoms with Crippen LogP contribution >= 0.6 is 11.8 Å². The molecule has 0 bridgehead atoms. The molecule has 1 unspecified atom stereocenters. The minimum absolute atomic E-state index is 0.624. The number of nitrogens with zero attached hydrogens (tertiary/aromatic N) is 5. The van der Waals surface area contributed by atoms with Crippen molar-refractivity contribution >= 4 is 61.1 Å². The smallest absolute Gasteiger partial charge is 0.188 e. The van der Waals surface area contributed by atoms with Crippen LogP contribution in [0.3, 0.4) is 0 Å². The second kappa shape index (κ2) is 12.4. The fourth-order valence-corrected chi connectivity index (χ4v) is 11.4. The number of rotatable bonds is 3. The van der Waals surface area contributed by atoms with E-state index in [1.165, 1.54) is 42.7 Å². The molecular weight excluding hydrogens is 751 g/mol. The zero-order valence-corrected chi connectivity index (χ0v) is 32.9. The predicted octanol–water partition coefficient (Wildman–Crippen LogP) is 13.7. The summed E-state index contributed by atoms with van der Waals surface area (Å²) < 4.78 is 4.71. The number of benzene rings is 7. The van der Waals surface area contributed by atoms with E-state index in [2.05, 4.69) is 172 Å². The minimum atomic E-state index is -0.675. The molecule has 4 aromatic heterocycles. The summed E-state index contributed by atoms with van der Waals surface area (Å²) in [5, 5.41) is 4.63. The van der Waals surface area contributed by atoms with Crippen molar-refractivity contribution in [2.75, 3.05) is 0 Å². The molecule has 5 nitrogen and oxygen atoms in total. The van der Waals surface area contributed by atoms with E-state index in [4.69, 9.17) is 16.5 Å². The highest BCUT2D eigenvalue weighted by Crippen LogP contribution is 2.62. The second-order valence-corrected chi connectivity index (χ2v) is 16.7. The highest BCUT2D eigenvalue weighted by molar-refractivity contribution is 7.99. The average Bonchev–Trinajstić information content (AvgIpc) is 3.93. The van der Waals surface area contributed by atoms with Gasteiger partial charge in [-0.25, -0.2) is 4.85 Å². The Hall–Kier alpha value is -7.72. The van der Waals surface area contributed by atoms with E-state index in [1.807, 2.05) is 42.4 Å². The third kappa shape index (κ3) is 4.42. The highest BCUT2D eigenvalue weighted by atomic mass is 32.2. The maximum atomic E-state index is 7.83. The molecule has 0 saturated carbocycles. The zero-order chi connectivity index (χ0) is 39.5. The summed E-state index contributed by atoms with van der Waals surface area (Å²) in [5.41, 5.74) is 15.3. The van der Waals surface area contributed by atoms with E-state index in [0.29, 0.717) is 5.69 Å². The Bertz CT molecular complexity index is 3610. The van der Waals surface area contributed by atoms with Crippen LogP contribution in [0.4, 0.5) is 5.69 Å². The van der Waals surface area contributed by atoms with Crippen LogP contribution < -0.4 is 0 Å². The first kappa shape index (κ1) is 33.3. The van der Waals surface area contributed by atoms with Crippen LogP contribution in [-0.4, -0.2) is 19.1 Å². The van der Waals surface area contributed by atoms with Crippen molar-refractivity contribution in [1.29, 1.82) is 0 Å². The molecular formula is C54H31N5S. The van der Waals surface area contributed by atoms with Crippen molar-refractivity contribution in [3.05, 3.63) is 222 Å². The van der Waals surface area contributed by atoms with Crippen LogP contribution in [0.5, 0.6) is 0 Å². The lowest BCUT2D eigenvalue weighted by atomic mass is 9.67. The van der Waals surface area contributed by atoms with Gasteiger partial charge in [0.2, 0.25) is 0 Å². The average molecular weight is 782 g/mol. The Morgan fingerprint density at radius 3 is 1.92 bits per heavy atom. The van der Waals surface area contributed by atoms with Crippen molar-refractivity contribution in [2.45, 2.75) is 15.2 Å². The van der Waals surface area contributed by atoms with Gasteiger partial charge in [0.1, 0.15) is 0 Å². The van der Waals surface area contributed by atoms with Crippen molar-refractivity contribution in [2.24, 2.45) is 0 Å². The summed E-state index contributed by atoms with van der Waals surface area (Å²) >= 11 is 1.84. The Morgan fingerprint density at radius 2 is 1.10 bits per heavy atom. The van der Waals surface area contributed by atoms with Crippen LogP contribution in [0, 0.1) is 6.57 Å². The van der Waals surface area contributed by atoms with Gasteiger partial charge in [-0.15, -0.1) is 0 Å². The van der Waals surface area contributed by atoms with Gasteiger partial charge >= 0.3 is 0 Å². The number of fused-ring (bicyclic) bond motifs is 15. The van der Waals surface area contributed by atoms with Crippen molar-refractivity contribution in [1.82, 2.24) is 19.1 Å². The molecule has 7 aromatic carbocycles. The number of pyridine rings is 2. The number of para-hydroxylation sites is 3. The van der Waals surface area contributed by atoms with E-state index >= 15 is 0 Å². The van der Waals surface area contributed by atoms with E-state index in [9.17, 15) is 0 Å². The molecule has 0 N–H and O–H groups in total. The normalized spacial score (nSPS) is 15.0. The topological polar surface area (TPSA) is 40.0 Å². The summed E-state index contributed by atoms with van der Waals surface area (Å²) in [4.78, 5) is 16.7. The lowest BCUT2D eigenvalue weighted by molar-refractivity contribution is 0.718. The maximum Gasteiger partial charge on any atom is 0.188 e. The quantitative estimate of drug-likeness (QED) is 0.168. The first-order valence-electron chi connectivity index (χ1n) is 20.1. The molecule has 2 aliphatic rings. The number of hydrogen-bond donors (Lipinski definition) is 0. The van der Waals surface area contributed by atoms with Gasteiger partial charge in [-0.2, -0.15) is 0 Å². The van der Waals surface area contributed by atoms with Crippen LogP contribution in [0.15, 0.2) is 198 Å². The summed E-state index contributed by atoms with van der Waals surface area (Å²) in [6, 6.07) is 63.2. The van der Waals surface area contributed by atoms with Crippen molar-refractivity contribution in [3.63, 3.8) is 0 Å². The van der Waals surface area contributed by atoms with E-state index in [1.54, 1.807) is 0 Å². The number of hydrogen-bond acceptors (Lipinski definition) is 3. The molecule has 5 heterocycles. The third-order valence-corrected chi connectivity index (χ3v) is 13.8. The molecule has 0 fully saturated rings. The molecule has 1 spiro atoms. The molecule has 6 heteroatoms. The SMILES string of the molecule is [C-]#[N+]c1ccc2c(c1)c1cc(-c3cnc4c(c3)C3(c5ccccc5Sc5ccc(-n6c7ccccc7c7ccccc76)cc53)c3cccnc3-4)ccc1n2-c1ccccc1. The summed E-state index contributed by atoms with van der Waals surface area (Å²) in [6.07, 6.45) is 3.90. The fraction of sp³-hybridized carbons (Fsp3) is 0.0185. The van der Waals surface area contributed by atoms with E-state index in [0.717, 1.165) is 66.8 Å². The first-order valence-corrected chi connectivity index (χ1v) is 20.9. The van der Waals surface area contributed by atoms with Gasteiger partial charge in [-0.3, -0.25) is 9.97 Å².